The first-order valence-corrected chi connectivity index (χ1v) is 7.35. The molecule has 0 aromatic carbocycles. The maximum atomic E-state index is 5.78. The van der Waals surface area contributed by atoms with Crippen LogP contribution in [0.15, 0.2) is 0 Å². The maximum Gasteiger partial charge on any atom is 0.0994 e. The number of nitrogens with two attached hydrogens (primary N) is 1. The van der Waals surface area contributed by atoms with E-state index in [1.165, 1.54) is 44.2 Å². The Bertz CT molecular complexity index is 364. The van der Waals surface area contributed by atoms with E-state index in [2.05, 4.69) is 28.8 Å². The van der Waals surface area contributed by atoms with Crippen molar-refractivity contribution in [3.63, 3.8) is 0 Å². The van der Waals surface area contributed by atoms with Gasteiger partial charge in [-0.2, -0.15) is 0 Å². The van der Waals surface area contributed by atoms with Crippen molar-refractivity contribution in [1.82, 2.24) is 15.0 Å². The van der Waals surface area contributed by atoms with Crippen LogP contribution in [0, 0.1) is 5.92 Å². The number of hydrogen-bond donors (Lipinski definition) is 1. The van der Waals surface area contributed by atoms with E-state index in [9.17, 15) is 0 Å². The van der Waals surface area contributed by atoms with Crippen molar-refractivity contribution in [2.75, 3.05) is 0 Å². The van der Waals surface area contributed by atoms with Crippen molar-refractivity contribution >= 4 is 0 Å². The molecular weight excluding hydrogens is 224 g/mol. The monoisotopic (exact) mass is 250 g/mol. The molecule has 1 saturated carbocycles. The van der Waals surface area contributed by atoms with Gasteiger partial charge in [-0.3, -0.25) is 0 Å². The summed E-state index contributed by atoms with van der Waals surface area (Å²) >= 11 is 0. The molecule has 4 heteroatoms. The summed E-state index contributed by atoms with van der Waals surface area (Å²) in [7, 11) is 0. The zero-order valence-electron chi connectivity index (χ0n) is 11.7. The molecule has 1 aliphatic rings. The fourth-order valence-electron chi connectivity index (χ4n) is 2.81. The number of aromatic nitrogens is 3. The van der Waals surface area contributed by atoms with Gasteiger partial charge in [-0.25, -0.2) is 4.68 Å². The van der Waals surface area contributed by atoms with Gasteiger partial charge in [-0.05, 0) is 31.6 Å². The van der Waals surface area contributed by atoms with Gasteiger partial charge in [0.15, 0.2) is 0 Å². The smallest absolute Gasteiger partial charge is 0.0994 e. The van der Waals surface area contributed by atoms with Crippen molar-refractivity contribution in [3.8, 4) is 0 Å². The van der Waals surface area contributed by atoms with Crippen molar-refractivity contribution in [1.29, 1.82) is 0 Å². The van der Waals surface area contributed by atoms with E-state index in [0.717, 1.165) is 12.1 Å². The molecule has 1 aromatic rings. The largest absolute Gasteiger partial charge is 0.325 e. The SMILES string of the molecule is CC(C)CCc1c(CN)nnn1C1CCCCC1. The molecule has 0 amide bonds. The Hall–Kier alpha value is -0.900. The predicted octanol–water partition coefficient (Wildman–Crippen LogP) is 2.83. The van der Waals surface area contributed by atoms with Crippen molar-refractivity contribution in [2.24, 2.45) is 11.7 Å². The predicted molar refractivity (Wildman–Crippen MR) is 73.2 cm³/mol. The molecule has 102 valence electrons. The Kier molecular flexibility index (Phi) is 4.75. The first-order valence-electron chi connectivity index (χ1n) is 7.35. The highest BCUT2D eigenvalue weighted by molar-refractivity contribution is 5.11. The minimum absolute atomic E-state index is 0.514. The summed E-state index contributed by atoms with van der Waals surface area (Å²) in [6.45, 7) is 5.04. The molecule has 0 spiro atoms. The summed E-state index contributed by atoms with van der Waals surface area (Å²) in [5, 5.41) is 8.65. The van der Waals surface area contributed by atoms with Gasteiger partial charge in [-0.15, -0.1) is 5.10 Å². The zero-order chi connectivity index (χ0) is 13.0. The molecule has 1 heterocycles. The Balaban J connectivity index is 2.14. The average molecular weight is 250 g/mol. The fourth-order valence-corrected chi connectivity index (χ4v) is 2.81. The van der Waals surface area contributed by atoms with E-state index in [1.807, 2.05) is 0 Å². The van der Waals surface area contributed by atoms with Crippen LogP contribution in [0.1, 0.15) is 69.8 Å². The lowest BCUT2D eigenvalue weighted by Crippen LogP contribution is -2.18. The third-order valence-electron chi connectivity index (χ3n) is 3.94. The van der Waals surface area contributed by atoms with E-state index < -0.39 is 0 Å². The van der Waals surface area contributed by atoms with Crippen LogP contribution in [0.5, 0.6) is 0 Å². The van der Waals surface area contributed by atoms with Crippen molar-refractivity contribution < 1.29 is 0 Å². The van der Waals surface area contributed by atoms with E-state index in [0.29, 0.717) is 18.5 Å². The van der Waals surface area contributed by atoms with Gasteiger partial charge in [0.05, 0.1) is 17.4 Å². The number of hydrogen-bond acceptors (Lipinski definition) is 3. The van der Waals surface area contributed by atoms with Gasteiger partial charge in [0.2, 0.25) is 0 Å². The molecule has 0 radical (unpaired) electrons. The first kappa shape index (κ1) is 13.5. The molecule has 0 aliphatic heterocycles. The highest BCUT2D eigenvalue weighted by Crippen LogP contribution is 2.29. The van der Waals surface area contributed by atoms with Gasteiger partial charge >= 0.3 is 0 Å². The van der Waals surface area contributed by atoms with Gasteiger partial charge in [0.1, 0.15) is 0 Å². The average Bonchev–Trinajstić information content (AvgIpc) is 2.80. The van der Waals surface area contributed by atoms with Gasteiger partial charge in [0, 0.05) is 6.54 Å². The highest BCUT2D eigenvalue weighted by Gasteiger charge is 2.21. The molecule has 18 heavy (non-hydrogen) atoms. The Morgan fingerprint density at radius 1 is 1.28 bits per heavy atom. The highest BCUT2D eigenvalue weighted by atomic mass is 15.4. The second-order valence-corrected chi connectivity index (χ2v) is 5.86. The summed E-state index contributed by atoms with van der Waals surface area (Å²) in [4.78, 5) is 0. The van der Waals surface area contributed by atoms with Gasteiger partial charge in [-0.1, -0.05) is 38.3 Å². The standard InChI is InChI=1S/C14H26N4/c1-11(2)8-9-14-13(10-15)16-17-18(14)12-6-4-3-5-7-12/h11-12H,3-10,15H2,1-2H3. The third kappa shape index (κ3) is 3.10. The molecule has 0 unspecified atom stereocenters. The van der Waals surface area contributed by atoms with Crippen LogP contribution < -0.4 is 5.73 Å². The van der Waals surface area contributed by atoms with Gasteiger partial charge in [0.25, 0.3) is 0 Å². The molecule has 0 bridgehead atoms. The quantitative estimate of drug-likeness (QED) is 0.874. The van der Waals surface area contributed by atoms with Crippen LogP contribution in [0.25, 0.3) is 0 Å². The summed E-state index contributed by atoms with van der Waals surface area (Å²) in [5.74, 6) is 0.713. The van der Waals surface area contributed by atoms with Gasteiger partial charge < -0.3 is 5.73 Å². The molecule has 1 fully saturated rings. The minimum Gasteiger partial charge on any atom is -0.325 e. The van der Waals surface area contributed by atoms with E-state index >= 15 is 0 Å². The van der Waals surface area contributed by atoms with E-state index in [-0.39, 0.29) is 0 Å². The second kappa shape index (κ2) is 6.32. The lowest BCUT2D eigenvalue weighted by atomic mass is 9.95. The second-order valence-electron chi connectivity index (χ2n) is 5.86. The summed E-state index contributed by atoms with van der Waals surface area (Å²) in [6, 6.07) is 0.564. The maximum absolute atomic E-state index is 5.78. The molecule has 1 aromatic heterocycles. The Morgan fingerprint density at radius 2 is 2.00 bits per heavy atom. The summed E-state index contributed by atoms with van der Waals surface area (Å²) in [5.41, 5.74) is 8.08. The van der Waals surface area contributed by atoms with Crippen LogP contribution in [-0.4, -0.2) is 15.0 Å². The topological polar surface area (TPSA) is 56.7 Å². The molecular formula is C14H26N4. The molecule has 0 atom stereocenters. The fraction of sp³-hybridized carbons (Fsp3) is 0.857. The van der Waals surface area contributed by atoms with Crippen LogP contribution >= 0.6 is 0 Å². The molecule has 4 nitrogen and oxygen atoms in total. The van der Waals surface area contributed by atoms with Crippen LogP contribution in [-0.2, 0) is 13.0 Å². The van der Waals surface area contributed by atoms with Crippen LogP contribution in [0.4, 0.5) is 0 Å². The van der Waals surface area contributed by atoms with E-state index in [4.69, 9.17) is 5.73 Å². The minimum atomic E-state index is 0.514. The first-order chi connectivity index (χ1) is 8.72. The molecule has 0 saturated heterocycles. The number of rotatable bonds is 5. The lowest BCUT2D eigenvalue weighted by molar-refractivity contribution is 0.315. The van der Waals surface area contributed by atoms with Crippen LogP contribution in [0.3, 0.4) is 0 Å². The summed E-state index contributed by atoms with van der Waals surface area (Å²) in [6.07, 6.45) is 8.78. The Labute approximate surface area is 110 Å². The lowest BCUT2D eigenvalue weighted by Gasteiger charge is -2.23. The molecule has 1 aliphatic carbocycles. The number of nitrogens with zero attached hydrogens (tertiary/aromatic N) is 3. The third-order valence-corrected chi connectivity index (χ3v) is 3.94. The van der Waals surface area contributed by atoms with Crippen LogP contribution in [0.2, 0.25) is 0 Å². The van der Waals surface area contributed by atoms with Crippen molar-refractivity contribution in [2.45, 2.75) is 71.4 Å². The zero-order valence-corrected chi connectivity index (χ0v) is 11.7. The normalized spacial score (nSPS) is 17.6. The molecule has 2 rings (SSSR count). The Morgan fingerprint density at radius 3 is 2.61 bits per heavy atom. The summed E-state index contributed by atoms with van der Waals surface area (Å²) < 4.78 is 2.18. The molecule has 2 N–H and O–H groups in total. The van der Waals surface area contributed by atoms with Crippen molar-refractivity contribution in [3.05, 3.63) is 11.4 Å². The van der Waals surface area contributed by atoms with E-state index in [1.54, 1.807) is 0 Å².